The van der Waals surface area contributed by atoms with E-state index in [-0.39, 0.29) is 11.9 Å². The SMILES string of the molecule is O=C(O)N[C@@H]1CCCN(c2c(C3CC3)cnc3[nH]cc(NC(=O)c4cnn(Cc5ccccc5)c4)c23)C1. The van der Waals surface area contributed by atoms with Gasteiger partial charge in [-0.3, -0.25) is 9.48 Å². The lowest BCUT2D eigenvalue weighted by Gasteiger charge is -2.36. The molecule has 4 aromatic rings. The summed E-state index contributed by atoms with van der Waals surface area (Å²) in [5, 5.41) is 20.2. The summed E-state index contributed by atoms with van der Waals surface area (Å²) in [4.78, 5) is 34.6. The number of benzene rings is 1. The van der Waals surface area contributed by atoms with Crippen LogP contribution in [0.4, 0.5) is 16.2 Å². The molecule has 10 nitrogen and oxygen atoms in total. The second-order valence-electron chi connectivity index (χ2n) is 9.86. The predicted molar refractivity (Wildman–Crippen MR) is 140 cm³/mol. The molecule has 1 saturated carbocycles. The van der Waals surface area contributed by atoms with Gasteiger partial charge in [0.05, 0.1) is 35.1 Å². The minimum Gasteiger partial charge on any atom is -0.465 e. The topological polar surface area (TPSA) is 128 Å². The first-order chi connectivity index (χ1) is 18.0. The number of carbonyl (C=O) groups is 2. The summed E-state index contributed by atoms with van der Waals surface area (Å²) in [6.45, 7) is 1.98. The molecule has 190 valence electrons. The van der Waals surface area contributed by atoms with Crippen LogP contribution >= 0.6 is 0 Å². The zero-order chi connectivity index (χ0) is 25.4. The van der Waals surface area contributed by atoms with E-state index in [0.717, 1.165) is 54.4 Å². The van der Waals surface area contributed by atoms with Crippen molar-refractivity contribution in [1.82, 2.24) is 25.1 Å². The number of nitrogens with zero attached hydrogens (tertiary/aromatic N) is 4. The van der Waals surface area contributed by atoms with Crippen LogP contribution in [0.15, 0.2) is 55.1 Å². The molecule has 3 aromatic heterocycles. The zero-order valence-corrected chi connectivity index (χ0v) is 20.4. The van der Waals surface area contributed by atoms with Crippen molar-refractivity contribution >= 4 is 34.4 Å². The molecule has 2 fully saturated rings. The van der Waals surface area contributed by atoms with Crippen LogP contribution < -0.4 is 15.5 Å². The summed E-state index contributed by atoms with van der Waals surface area (Å²) in [7, 11) is 0. The van der Waals surface area contributed by atoms with Crippen molar-refractivity contribution in [3.05, 3.63) is 71.8 Å². The van der Waals surface area contributed by atoms with E-state index in [9.17, 15) is 14.7 Å². The molecule has 6 rings (SSSR count). The average molecular weight is 500 g/mol. The molecule has 1 saturated heterocycles. The van der Waals surface area contributed by atoms with Crippen molar-refractivity contribution in [2.75, 3.05) is 23.3 Å². The molecule has 1 aliphatic heterocycles. The van der Waals surface area contributed by atoms with Crippen molar-refractivity contribution in [1.29, 1.82) is 0 Å². The van der Waals surface area contributed by atoms with Gasteiger partial charge < -0.3 is 25.6 Å². The van der Waals surface area contributed by atoms with Gasteiger partial charge in [-0.15, -0.1) is 0 Å². The van der Waals surface area contributed by atoms with E-state index in [1.807, 2.05) is 36.5 Å². The number of nitrogens with one attached hydrogen (secondary N) is 3. The largest absolute Gasteiger partial charge is 0.465 e. The third kappa shape index (κ3) is 4.87. The molecule has 1 atom stereocenters. The maximum absolute atomic E-state index is 13.2. The van der Waals surface area contributed by atoms with Crippen LogP contribution in [0.1, 0.15) is 53.1 Å². The number of H-pyrrole nitrogens is 1. The highest BCUT2D eigenvalue weighted by Gasteiger charge is 2.33. The van der Waals surface area contributed by atoms with Crippen molar-refractivity contribution < 1.29 is 14.7 Å². The van der Waals surface area contributed by atoms with Crippen molar-refractivity contribution in [2.45, 2.75) is 44.2 Å². The Bertz CT molecular complexity index is 1440. The van der Waals surface area contributed by atoms with Gasteiger partial charge in [0.25, 0.3) is 5.91 Å². The molecule has 1 aliphatic carbocycles. The lowest BCUT2D eigenvalue weighted by molar-refractivity contribution is 0.102. The molecule has 0 unspecified atom stereocenters. The number of carboxylic acid groups (broad SMARTS) is 1. The van der Waals surface area contributed by atoms with E-state index in [0.29, 0.717) is 35.9 Å². The Morgan fingerprint density at radius 2 is 1.97 bits per heavy atom. The lowest BCUT2D eigenvalue weighted by Crippen LogP contribution is -2.47. The Morgan fingerprint density at radius 1 is 1.14 bits per heavy atom. The summed E-state index contributed by atoms with van der Waals surface area (Å²) in [5.41, 5.74) is 5.14. The number of anilines is 2. The number of aromatic amines is 1. The molecule has 2 amide bonds. The smallest absolute Gasteiger partial charge is 0.404 e. The van der Waals surface area contributed by atoms with E-state index in [4.69, 9.17) is 0 Å². The van der Waals surface area contributed by atoms with Gasteiger partial charge in [0.2, 0.25) is 0 Å². The van der Waals surface area contributed by atoms with Crippen LogP contribution in [0.3, 0.4) is 0 Å². The van der Waals surface area contributed by atoms with Gasteiger partial charge in [-0.05, 0) is 42.7 Å². The maximum Gasteiger partial charge on any atom is 0.404 e. The number of hydrogen-bond donors (Lipinski definition) is 4. The second-order valence-corrected chi connectivity index (χ2v) is 9.86. The number of piperidine rings is 1. The molecule has 0 bridgehead atoms. The highest BCUT2D eigenvalue weighted by atomic mass is 16.4. The molecule has 4 heterocycles. The number of carbonyl (C=O) groups excluding carboxylic acids is 1. The monoisotopic (exact) mass is 499 g/mol. The first kappa shape index (κ1) is 23.1. The second kappa shape index (κ2) is 9.61. The van der Waals surface area contributed by atoms with Gasteiger partial charge in [-0.1, -0.05) is 30.3 Å². The Balaban J connectivity index is 1.29. The number of amides is 2. The van der Waals surface area contributed by atoms with Crippen LogP contribution in [0, 0.1) is 0 Å². The van der Waals surface area contributed by atoms with Gasteiger partial charge >= 0.3 is 6.09 Å². The minimum atomic E-state index is -1.00. The Morgan fingerprint density at radius 3 is 2.76 bits per heavy atom. The summed E-state index contributed by atoms with van der Waals surface area (Å²) in [6, 6.07) is 9.83. The van der Waals surface area contributed by atoms with Gasteiger partial charge in [0.15, 0.2) is 0 Å². The third-order valence-electron chi connectivity index (χ3n) is 7.12. The fourth-order valence-corrected chi connectivity index (χ4v) is 5.23. The molecule has 2 aliphatic rings. The molecule has 4 N–H and O–H groups in total. The number of hydrogen-bond acceptors (Lipinski definition) is 5. The standard InChI is InChI=1S/C27H29N7O3/c35-26(19-11-30-34(15-19)14-17-5-2-1-3-6-17)32-22-13-29-25-23(22)24(21(12-28-25)18-8-9-18)33-10-4-7-20(16-33)31-27(36)37/h1-3,5-6,11-13,15,18,20,31H,4,7-10,14,16H2,(H,28,29)(H,32,35)(H,36,37)/t20-/m1/s1. The van der Waals surface area contributed by atoms with Crippen LogP contribution in [0.25, 0.3) is 11.0 Å². The minimum absolute atomic E-state index is 0.144. The molecule has 0 radical (unpaired) electrons. The molecular formula is C27H29N7O3. The molecular weight excluding hydrogens is 470 g/mol. The number of aromatic nitrogens is 4. The third-order valence-corrected chi connectivity index (χ3v) is 7.12. The molecule has 1 aromatic carbocycles. The van der Waals surface area contributed by atoms with Gasteiger partial charge in [-0.2, -0.15) is 5.10 Å². The van der Waals surface area contributed by atoms with E-state index in [1.54, 1.807) is 23.3 Å². The van der Waals surface area contributed by atoms with E-state index in [2.05, 4.69) is 30.6 Å². The number of pyridine rings is 1. The summed E-state index contributed by atoms with van der Waals surface area (Å²) < 4.78 is 1.75. The Hall–Kier alpha value is -4.34. The first-order valence-electron chi connectivity index (χ1n) is 12.7. The summed E-state index contributed by atoms with van der Waals surface area (Å²) in [6.07, 6.45) is 9.94. The highest BCUT2D eigenvalue weighted by Crippen LogP contribution is 2.48. The van der Waals surface area contributed by atoms with Crippen LogP contribution in [-0.2, 0) is 6.54 Å². The molecule has 10 heteroatoms. The van der Waals surface area contributed by atoms with Gasteiger partial charge in [0.1, 0.15) is 5.65 Å². The quantitative estimate of drug-likeness (QED) is 0.302. The zero-order valence-electron chi connectivity index (χ0n) is 20.4. The van der Waals surface area contributed by atoms with Crippen molar-refractivity contribution in [2.24, 2.45) is 0 Å². The lowest BCUT2D eigenvalue weighted by atomic mass is 10.0. The van der Waals surface area contributed by atoms with Gasteiger partial charge in [-0.25, -0.2) is 9.78 Å². The molecule has 0 spiro atoms. The predicted octanol–water partition coefficient (Wildman–Crippen LogP) is 4.17. The van der Waals surface area contributed by atoms with Crippen molar-refractivity contribution in [3.8, 4) is 0 Å². The van der Waals surface area contributed by atoms with Gasteiger partial charge in [0, 0.05) is 37.7 Å². The maximum atomic E-state index is 13.2. The number of fused-ring (bicyclic) bond motifs is 1. The van der Waals surface area contributed by atoms with Crippen LogP contribution in [0.5, 0.6) is 0 Å². The first-order valence-corrected chi connectivity index (χ1v) is 12.7. The molecule has 37 heavy (non-hydrogen) atoms. The normalized spacial score (nSPS) is 17.6. The summed E-state index contributed by atoms with van der Waals surface area (Å²) >= 11 is 0. The van der Waals surface area contributed by atoms with Crippen molar-refractivity contribution in [3.63, 3.8) is 0 Å². The van der Waals surface area contributed by atoms with E-state index < -0.39 is 6.09 Å². The van der Waals surface area contributed by atoms with Crippen LogP contribution in [0.2, 0.25) is 0 Å². The van der Waals surface area contributed by atoms with E-state index >= 15 is 0 Å². The summed E-state index contributed by atoms with van der Waals surface area (Å²) in [5.74, 6) is 0.196. The Labute approximate surface area is 213 Å². The number of rotatable bonds is 7. The van der Waals surface area contributed by atoms with Crippen LogP contribution in [-0.4, -0.2) is 56.0 Å². The fraction of sp³-hybridized carbons (Fsp3) is 0.333. The highest BCUT2D eigenvalue weighted by molar-refractivity contribution is 6.11. The Kier molecular flexibility index (Phi) is 5.99. The van der Waals surface area contributed by atoms with E-state index in [1.165, 1.54) is 0 Å². The average Bonchev–Trinajstić information content (AvgIpc) is 3.51. The fourth-order valence-electron chi connectivity index (χ4n) is 5.23.